The maximum atomic E-state index is 3.70. The van der Waals surface area contributed by atoms with Crippen molar-refractivity contribution in [3.63, 3.8) is 0 Å². The summed E-state index contributed by atoms with van der Waals surface area (Å²) in [4.78, 5) is 2.45. The Labute approximate surface area is 128 Å². The highest BCUT2D eigenvalue weighted by Crippen LogP contribution is 2.28. The third-order valence-electron chi connectivity index (χ3n) is 3.81. The van der Waals surface area contributed by atoms with Crippen LogP contribution in [0.15, 0.2) is 46.9 Å². The molecule has 0 fully saturated rings. The van der Waals surface area contributed by atoms with Crippen molar-refractivity contribution in [1.82, 2.24) is 0 Å². The molecule has 1 N–H and O–H groups in total. The molecule has 3 heteroatoms. The van der Waals surface area contributed by atoms with Gasteiger partial charge in [-0.25, -0.2) is 0 Å². The lowest BCUT2D eigenvalue weighted by molar-refractivity contribution is 0.773. The molecule has 1 heterocycles. The number of fused-ring (bicyclic) bond motifs is 1. The molecule has 0 aromatic heterocycles. The van der Waals surface area contributed by atoms with Gasteiger partial charge in [-0.05, 0) is 58.6 Å². The van der Waals surface area contributed by atoms with Crippen molar-refractivity contribution >= 4 is 27.3 Å². The van der Waals surface area contributed by atoms with Crippen LogP contribution >= 0.6 is 15.9 Å². The van der Waals surface area contributed by atoms with Crippen molar-refractivity contribution in [1.29, 1.82) is 0 Å². The van der Waals surface area contributed by atoms with E-state index < -0.39 is 0 Å². The van der Waals surface area contributed by atoms with Crippen LogP contribution in [-0.4, -0.2) is 19.6 Å². The lowest BCUT2D eigenvalue weighted by Gasteiger charge is -2.29. The van der Waals surface area contributed by atoms with Gasteiger partial charge in [-0.2, -0.15) is 0 Å². The summed E-state index contributed by atoms with van der Waals surface area (Å²) in [6, 6.07) is 15.2. The smallest absolute Gasteiger partial charge is 0.0511 e. The van der Waals surface area contributed by atoms with Gasteiger partial charge < -0.3 is 10.2 Å². The molecule has 0 aliphatic carbocycles. The van der Waals surface area contributed by atoms with Crippen LogP contribution in [0.4, 0.5) is 11.4 Å². The third-order valence-corrected chi connectivity index (χ3v) is 4.44. The largest absolute Gasteiger partial charge is 0.383 e. The zero-order valence-corrected chi connectivity index (χ0v) is 13.3. The van der Waals surface area contributed by atoms with Gasteiger partial charge in [0.2, 0.25) is 0 Å². The topological polar surface area (TPSA) is 15.3 Å². The van der Waals surface area contributed by atoms with E-state index in [4.69, 9.17) is 0 Å². The van der Waals surface area contributed by atoms with Crippen LogP contribution in [-0.2, 0) is 6.42 Å². The summed E-state index contributed by atoms with van der Waals surface area (Å²) in [6.07, 6.45) is 1.07. The number of nitrogens with one attached hydrogen (secondary N) is 1. The van der Waals surface area contributed by atoms with Gasteiger partial charge in [0.15, 0.2) is 0 Å². The Hall–Kier alpha value is -1.48. The number of hydrogen-bond acceptors (Lipinski definition) is 2. The molecule has 104 valence electrons. The minimum Gasteiger partial charge on any atom is -0.383 e. The molecule has 0 amide bonds. The second-order valence-electron chi connectivity index (χ2n) is 5.28. The Morgan fingerprint density at radius 2 is 1.95 bits per heavy atom. The molecule has 0 saturated carbocycles. The summed E-state index contributed by atoms with van der Waals surface area (Å²) in [7, 11) is 0. The number of hydrogen-bond donors (Lipinski definition) is 1. The maximum absolute atomic E-state index is 3.70. The summed E-state index contributed by atoms with van der Waals surface area (Å²) in [6.45, 7) is 5.17. The zero-order chi connectivity index (χ0) is 13.9. The first kappa shape index (κ1) is 13.5. The number of halogens is 1. The van der Waals surface area contributed by atoms with Gasteiger partial charge in [-0.15, -0.1) is 0 Å². The van der Waals surface area contributed by atoms with E-state index in [1.165, 1.54) is 27.0 Å². The van der Waals surface area contributed by atoms with E-state index in [0.29, 0.717) is 0 Å². The summed E-state index contributed by atoms with van der Waals surface area (Å²) in [5.41, 5.74) is 5.27. The van der Waals surface area contributed by atoms with Gasteiger partial charge >= 0.3 is 0 Å². The monoisotopic (exact) mass is 330 g/mol. The van der Waals surface area contributed by atoms with E-state index in [1.54, 1.807) is 0 Å². The average molecular weight is 331 g/mol. The number of nitrogens with zero attached hydrogens (tertiary/aromatic N) is 1. The summed E-state index contributed by atoms with van der Waals surface area (Å²) in [5, 5.41) is 3.54. The van der Waals surface area contributed by atoms with E-state index in [2.05, 4.69) is 75.5 Å². The van der Waals surface area contributed by atoms with Crippen molar-refractivity contribution in [2.75, 3.05) is 29.9 Å². The standard InChI is InChI=1S/C17H19BrN2/c1-13-6-7-17(15(18)12-13)20-10-8-14-4-2-3-5-16(14)19-9-11-20/h2-7,12,19H,8-11H2,1H3. The normalized spacial score (nSPS) is 15.0. The third kappa shape index (κ3) is 2.83. The molecule has 0 unspecified atom stereocenters. The molecule has 2 aromatic carbocycles. The molecule has 1 aliphatic rings. The SMILES string of the molecule is Cc1ccc(N2CCNc3ccccc3CC2)c(Br)c1. The predicted octanol–water partition coefficient (Wildman–Crippen LogP) is 4.23. The Bertz CT molecular complexity index is 610. The van der Waals surface area contributed by atoms with Gasteiger partial charge in [0.05, 0.1) is 5.69 Å². The summed E-state index contributed by atoms with van der Waals surface area (Å²) >= 11 is 3.70. The van der Waals surface area contributed by atoms with Gasteiger partial charge in [0.25, 0.3) is 0 Å². The van der Waals surface area contributed by atoms with Crippen molar-refractivity contribution in [2.45, 2.75) is 13.3 Å². The van der Waals surface area contributed by atoms with Crippen LogP contribution in [0.3, 0.4) is 0 Å². The number of para-hydroxylation sites is 1. The average Bonchev–Trinajstić information content (AvgIpc) is 2.41. The first-order valence-corrected chi connectivity index (χ1v) is 7.86. The molecular formula is C17H19BrN2. The second-order valence-corrected chi connectivity index (χ2v) is 6.13. The Kier molecular flexibility index (Phi) is 3.97. The lowest BCUT2D eigenvalue weighted by atomic mass is 10.1. The fourth-order valence-electron chi connectivity index (χ4n) is 2.71. The van der Waals surface area contributed by atoms with Crippen molar-refractivity contribution in [2.24, 2.45) is 0 Å². The van der Waals surface area contributed by atoms with Crippen molar-refractivity contribution in [3.05, 3.63) is 58.1 Å². The molecule has 3 rings (SSSR count). The van der Waals surface area contributed by atoms with E-state index >= 15 is 0 Å². The molecule has 0 saturated heterocycles. The van der Waals surface area contributed by atoms with Gasteiger partial charge in [-0.3, -0.25) is 0 Å². The molecule has 0 spiro atoms. The number of anilines is 2. The quantitative estimate of drug-likeness (QED) is 0.841. The molecule has 20 heavy (non-hydrogen) atoms. The molecule has 1 aliphatic heterocycles. The maximum Gasteiger partial charge on any atom is 0.0511 e. The van der Waals surface area contributed by atoms with Gasteiger partial charge in [0.1, 0.15) is 0 Å². The van der Waals surface area contributed by atoms with Crippen LogP contribution in [0.25, 0.3) is 0 Å². The molecule has 2 nitrogen and oxygen atoms in total. The highest BCUT2D eigenvalue weighted by Gasteiger charge is 2.14. The van der Waals surface area contributed by atoms with E-state index in [1.807, 2.05) is 0 Å². The van der Waals surface area contributed by atoms with Crippen LogP contribution < -0.4 is 10.2 Å². The first-order valence-electron chi connectivity index (χ1n) is 7.07. The van der Waals surface area contributed by atoms with E-state index in [-0.39, 0.29) is 0 Å². The second kappa shape index (κ2) is 5.88. The van der Waals surface area contributed by atoms with Crippen LogP contribution in [0.5, 0.6) is 0 Å². The predicted molar refractivity (Wildman–Crippen MR) is 89.7 cm³/mol. The lowest BCUT2D eigenvalue weighted by Crippen LogP contribution is -2.33. The van der Waals surface area contributed by atoms with Crippen LogP contribution in [0, 0.1) is 6.92 Å². The fraction of sp³-hybridized carbons (Fsp3) is 0.294. The fourth-order valence-corrected chi connectivity index (χ4v) is 3.46. The summed E-state index contributed by atoms with van der Waals surface area (Å²) < 4.78 is 1.19. The van der Waals surface area contributed by atoms with Gasteiger partial charge in [-0.1, -0.05) is 24.3 Å². The molecular weight excluding hydrogens is 312 g/mol. The van der Waals surface area contributed by atoms with E-state index in [9.17, 15) is 0 Å². The number of aryl methyl sites for hydroxylation is 1. The highest BCUT2D eigenvalue weighted by molar-refractivity contribution is 9.10. The Balaban J connectivity index is 1.83. The van der Waals surface area contributed by atoms with Gasteiger partial charge in [0, 0.05) is 29.8 Å². The molecule has 0 radical (unpaired) electrons. The minimum absolute atomic E-state index is 0.970. The Morgan fingerprint density at radius 3 is 2.80 bits per heavy atom. The van der Waals surface area contributed by atoms with Crippen LogP contribution in [0.1, 0.15) is 11.1 Å². The van der Waals surface area contributed by atoms with Crippen molar-refractivity contribution < 1.29 is 0 Å². The zero-order valence-electron chi connectivity index (χ0n) is 11.7. The highest BCUT2D eigenvalue weighted by atomic mass is 79.9. The summed E-state index contributed by atoms with van der Waals surface area (Å²) in [5.74, 6) is 0. The molecule has 0 atom stereocenters. The molecule has 2 aromatic rings. The number of rotatable bonds is 1. The Morgan fingerprint density at radius 1 is 1.10 bits per heavy atom. The minimum atomic E-state index is 0.970. The van der Waals surface area contributed by atoms with Crippen molar-refractivity contribution in [3.8, 4) is 0 Å². The molecule has 0 bridgehead atoms. The first-order chi connectivity index (χ1) is 9.74. The van der Waals surface area contributed by atoms with Crippen LogP contribution in [0.2, 0.25) is 0 Å². The number of benzene rings is 2. The van der Waals surface area contributed by atoms with E-state index in [0.717, 1.165) is 26.1 Å².